The van der Waals surface area contributed by atoms with Crippen LogP contribution in [0.1, 0.15) is 13.3 Å². The van der Waals surface area contributed by atoms with E-state index in [0.29, 0.717) is 5.69 Å². The van der Waals surface area contributed by atoms with Gasteiger partial charge in [-0.15, -0.1) is 0 Å². The molecule has 23 heavy (non-hydrogen) atoms. The SMILES string of the molecule is CCOC(=O)CC(=O)Cn1nc(-c2ccc(Br)cc2)ccc1=O. The zero-order valence-corrected chi connectivity index (χ0v) is 14.1. The molecule has 0 aliphatic rings. The normalized spacial score (nSPS) is 10.3. The van der Waals surface area contributed by atoms with Crippen molar-refractivity contribution >= 4 is 27.7 Å². The number of hydrogen-bond acceptors (Lipinski definition) is 5. The Balaban J connectivity index is 2.17. The fourth-order valence-electron chi connectivity index (χ4n) is 1.93. The lowest BCUT2D eigenvalue weighted by molar-refractivity contribution is -0.145. The minimum Gasteiger partial charge on any atom is -0.466 e. The predicted octanol–water partition coefficient (Wildman–Crippen LogP) is 2.20. The summed E-state index contributed by atoms with van der Waals surface area (Å²) in [5, 5.41) is 4.18. The molecule has 0 atom stereocenters. The van der Waals surface area contributed by atoms with Crippen LogP contribution in [0.4, 0.5) is 0 Å². The summed E-state index contributed by atoms with van der Waals surface area (Å²) in [5.41, 5.74) is 0.990. The monoisotopic (exact) mass is 378 g/mol. The van der Waals surface area contributed by atoms with Crippen LogP contribution >= 0.6 is 15.9 Å². The zero-order valence-electron chi connectivity index (χ0n) is 12.5. The number of carbonyl (C=O) groups is 2. The fourth-order valence-corrected chi connectivity index (χ4v) is 2.20. The highest BCUT2D eigenvalue weighted by atomic mass is 79.9. The molecule has 1 heterocycles. The van der Waals surface area contributed by atoms with Crippen LogP contribution in [0, 0.1) is 0 Å². The van der Waals surface area contributed by atoms with Crippen LogP contribution in [-0.4, -0.2) is 28.1 Å². The van der Waals surface area contributed by atoms with Gasteiger partial charge in [-0.1, -0.05) is 28.1 Å². The Bertz CT molecular complexity index is 768. The van der Waals surface area contributed by atoms with Gasteiger partial charge in [-0.25, -0.2) is 4.68 Å². The summed E-state index contributed by atoms with van der Waals surface area (Å²) in [6.07, 6.45) is -0.371. The molecular formula is C16H15BrN2O4. The van der Waals surface area contributed by atoms with E-state index in [-0.39, 0.29) is 19.6 Å². The van der Waals surface area contributed by atoms with Crippen LogP contribution in [0.2, 0.25) is 0 Å². The number of esters is 1. The van der Waals surface area contributed by atoms with Crippen LogP contribution in [0.15, 0.2) is 45.7 Å². The summed E-state index contributed by atoms with van der Waals surface area (Å²) in [7, 11) is 0. The number of aromatic nitrogens is 2. The molecule has 0 spiro atoms. The van der Waals surface area contributed by atoms with Gasteiger partial charge in [0.1, 0.15) is 13.0 Å². The first-order valence-electron chi connectivity index (χ1n) is 7.01. The molecule has 2 rings (SSSR count). The van der Waals surface area contributed by atoms with Crippen LogP contribution < -0.4 is 5.56 Å². The van der Waals surface area contributed by atoms with Gasteiger partial charge in [0.05, 0.1) is 12.3 Å². The second kappa shape index (κ2) is 7.82. The third-order valence-electron chi connectivity index (χ3n) is 2.98. The molecule has 0 amide bonds. The lowest BCUT2D eigenvalue weighted by atomic mass is 10.1. The van der Waals surface area contributed by atoms with Crippen molar-refractivity contribution in [3.63, 3.8) is 0 Å². The molecule has 0 saturated heterocycles. The molecule has 120 valence electrons. The van der Waals surface area contributed by atoms with E-state index in [9.17, 15) is 14.4 Å². The van der Waals surface area contributed by atoms with Crippen LogP contribution in [-0.2, 0) is 20.9 Å². The van der Waals surface area contributed by atoms with E-state index in [0.717, 1.165) is 14.7 Å². The number of ketones is 1. The van der Waals surface area contributed by atoms with Crippen molar-refractivity contribution < 1.29 is 14.3 Å². The third-order valence-corrected chi connectivity index (χ3v) is 3.51. The summed E-state index contributed by atoms with van der Waals surface area (Å²) in [5.74, 6) is -1.03. The molecule has 7 heteroatoms. The van der Waals surface area contributed by atoms with E-state index in [2.05, 4.69) is 21.0 Å². The van der Waals surface area contributed by atoms with E-state index in [1.54, 1.807) is 13.0 Å². The summed E-state index contributed by atoms with van der Waals surface area (Å²) < 4.78 is 6.70. The number of rotatable bonds is 6. The summed E-state index contributed by atoms with van der Waals surface area (Å²) in [6.45, 7) is 1.61. The van der Waals surface area contributed by atoms with Crippen molar-refractivity contribution in [1.29, 1.82) is 0 Å². The molecule has 1 aromatic heterocycles. The number of Topliss-reactive ketones (excluding diaryl/α,β-unsaturated/α-hetero) is 1. The predicted molar refractivity (Wildman–Crippen MR) is 87.9 cm³/mol. The average molecular weight is 379 g/mol. The molecule has 0 N–H and O–H groups in total. The van der Waals surface area contributed by atoms with Crippen molar-refractivity contribution in [2.24, 2.45) is 0 Å². The lowest BCUT2D eigenvalue weighted by Gasteiger charge is -2.07. The molecule has 0 saturated carbocycles. The minimum atomic E-state index is -0.602. The van der Waals surface area contributed by atoms with Crippen LogP contribution in [0.5, 0.6) is 0 Å². The van der Waals surface area contributed by atoms with Crippen LogP contribution in [0.25, 0.3) is 11.3 Å². The molecule has 0 aliphatic carbocycles. The number of ether oxygens (including phenoxy) is 1. The Morgan fingerprint density at radius 3 is 2.52 bits per heavy atom. The minimum absolute atomic E-state index is 0.212. The molecule has 0 fully saturated rings. The van der Waals surface area contributed by atoms with Gasteiger partial charge in [-0.2, -0.15) is 5.10 Å². The molecule has 0 radical (unpaired) electrons. The molecular weight excluding hydrogens is 364 g/mol. The number of hydrogen-bond donors (Lipinski definition) is 0. The van der Waals surface area contributed by atoms with Gasteiger partial charge in [0.15, 0.2) is 5.78 Å². The Kier molecular flexibility index (Phi) is 5.81. The Hall–Kier alpha value is -2.28. The first-order chi connectivity index (χ1) is 11.0. The standard InChI is InChI=1S/C16H15BrN2O4/c1-2-23-16(22)9-13(20)10-19-15(21)8-7-14(18-19)11-3-5-12(17)6-4-11/h3-8H,2,9-10H2,1H3. The van der Waals surface area contributed by atoms with Gasteiger partial charge >= 0.3 is 5.97 Å². The number of benzene rings is 1. The Labute approximate surface area is 141 Å². The van der Waals surface area contributed by atoms with Gasteiger partial charge in [-0.05, 0) is 25.1 Å². The highest BCUT2D eigenvalue weighted by molar-refractivity contribution is 9.10. The molecule has 2 aromatic rings. The van der Waals surface area contributed by atoms with E-state index < -0.39 is 17.3 Å². The highest BCUT2D eigenvalue weighted by Crippen LogP contribution is 2.18. The fraction of sp³-hybridized carbons (Fsp3) is 0.250. The Morgan fingerprint density at radius 1 is 1.17 bits per heavy atom. The second-order valence-corrected chi connectivity index (χ2v) is 5.66. The molecule has 6 nitrogen and oxygen atoms in total. The third kappa shape index (κ3) is 4.85. The number of halogens is 1. The number of carbonyl (C=O) groups excluding carboxylic acids is 2. The molecule has 1 aromatic carbocycles. The smallest absolute Gasteiger partial charge is 0.313 e. The van der Waals surface area contributed by atoms with Crippen molar-refractivity contribution in [2.45, 2.75) is 19.9 Å². The maximum Gasteiger partial charge on any atom is 0.313 e. The van der Waals surface area contributed by atoms with E-state index in [1.165, 1.54) is 6.07 Å². The van der Waals surface area contributed by atoms with Crippen molar-refractivity contribution in [2.75, 3.05) is 6.61 Å². The number of nitrogens with zero attached hydrogens (tertiary/aromatic N) is 2. The van der Waals surface area contributed by atoms with E-state index >= 15 is 0 Å². The maximum absolute atomic E-state index is 11.8. The summed E-state index contributed by atoms with van der Waals surface area (Å²) in [6, 6.07) is 10.4. The summed E-state index contributed by atoms with van der Waals surface area (Å²) >= 11 is 3.35. The van der Waals surface area contributed by atoms with Crippen molar-refractivity contribution in [3.05, 3.63) is 51.2 Å². The second-order valence-electron chi connectivity index (χ2n) is 4.74. The van der Waals surface area contributed by atoms with Gasteiger partial charge in [0.25, 0.3) is 5.56 Å². The average Bonchev–Trinajstić information content (AvgIpc) is 2.50. The van der Waals surface area contributed by atoms with Gasteiger partial charge in [0, 0.05) is 16.1 Å². The van der Waals surface area contributed by atoms with E-state index in [4.69, 9.17) is 4.74 Å². The largest absolute Gasteiger partial charge is 0.466 e. The molecule has 0 bridgehead atoms. The quantitative estimate of drug-likeness (QED) is 0.568. The topological polar surface area (TPSA) is 78.3 Å². The lowest BCUT2D eigenvalue weighted by Crippen LogP contribution is -2.27. The highest BCUT2D eigenvalue weighted by Gasteiger charge is 2.13. The maximum atomic E-state index is 11.8. The van der Waals surface area contributed by atoms with Gasteiger partial charge < -0.3 is 4.74 Å². The van der Waals surface area contributed by atoms with Gasteiger partial charge in [0.2, 0.25) is 0 Å². The Morgan fingerprint density at radius 2 is 1.87 bits per heavy atom. The first-order valence-corrected chi connectivity index (χ1v) is 7.80. The van der Waals surface area contributed by atoms with Crippen molar-refractivity contribution in [3.8, 4) is 11.3 Å². The first kappa shape index (κ1) is 17.1. The molecule has 0 unspecified atom stereocenters. The van der Waals surface area contributed by atoms with Crippen LogP contribution in [0.3, 0.4) is 0 Å². The summed E-state index contributed by atoms with van der Waals surface area (Å²) in [4.78, 5) is 35.0. The van der Waals surface area contributed by atoms with Crippen molar-refractivity contribution in [1.82, 2.24) is 9.78 Å². The zero-order chi connectivity index (χ0) is 16.8. The molecule has 0 aliphatic heterocycles. The van der Waals surface area contributed by atoms with E-state index in [1.807, 2.05) is 24.3 Å². The van der Waals surface area contributed by atoms with Gasteiger partial charge in [-0.3, -0.25) is 14.4 Å².